The van der Waals surface area contributed by atoms with Gasteiger partial charge >= 0.3 is 5.97 Å². The molecule has 0 aliphatic heterocycles. The second-order valence-corrected chi connectivity index (χ2v) is 5.73. The van der Waals surface area contributed by atoms with Crippen LogP contribution in [0.3, 0.4) is 0 Å². The molecular weight excluding hydrogens is 366 g/mol. The predicted molar refractivity (Wildman–Crippen MR) is 102 cm³/mol. The summed E-state index contributed by atoms with van der Waals surface area (Å²) in [6, 6.07) is 9.84. The average molecular weight is 389 g/mol. The summed E-state index contributed by atoms with van der Waals surface area (Å²) in [7, 11) is 4.67. The molecule has 0 atom stereocenters. The molecule has 2 aromatic rings. The van der Waals surface area contributed by atoms with Crippen molar-refractivity contribution in [2.75, 3.05) is 34.5 Å². The molecule has 28 heavy (non-hydrogen) atoms. The zero-order valence-electron chi connectivity index (χ0n) is 16.0. The Bertz CT molecular complexity index is 810. The molecule has 0 aromatic heterocycles. The van der Waals surface area contributed by atoms with Crippen molar-refractivity contribution >= 4 is 11.9 Å². The molecule has 0 radical (unpaired) electrons. The van der Waals surface area contributed by atoms with E-state index in [-0.39, 0.29) is 5.91 Å². The van der Waals surface area contributed by atoms with Gasteiger partial charge in [0.1, 0.15) is 23.0 Å². The normalized spacial score (nSPS) is 10.1. The number of carboxylic acid groups (broad SMARTS) is 1. The predicted octanol–water partition coefficient (Wildman–Crippen LogP) is 2.15. The zero-order valence-corrected chi connectivity index (χ0v) is 16.0. The highest BCUT2D eigenvalue weighted by molar-refractivity contribution is 5.94. The van der Waals surface area contributed by atoms with Crippen molar-refractivity contribution in [3.63, 3.8) is 0 Å². The van der Waals surface area contributed by atoms with Crippen LogP contribution in [0.25, 0.3) is 0 Å². The smallest absolute Gasteiger partial charge is 0.341 e. The molecule has 0 fully saturated rings. The molecule has 0 saturated heterocycles. The van der Waals surface area contributed by atoms with Gasteiger partial charge in [0.25, 0.3) is 5.91 Å². The lowest BCUT2D eigenvalue weighted by Gasteiger charge is -2.15. The number of amides is 1. The van der Waals surface area contributed by atoms with Crippen LogP contribution in [0.4, 0.5) is 0 Å². The third kappa shape index (κ3) is 5.54. The molecular formula is C20H23NO7. The van der Waals surface area contributed by atoms with Crippen molar-refractivity contribution in [3.05, 3.63) is 47.5 Å². The molecule has 2 N–H and O–H groups in total. The van der Waals surface area contributed by atoms with Crippen molar-refractivity contribution in [1.29, 1.82) is 0 Å². The van der Waals surface area contributed by atoms with Crippen LogP contribution < -0.4 is 24.3 Å². The molecule has 150 valence electrons. The number of aliphatic carboxylic acids is 1. The quantitative estimate of drug-likeness (QED) is 0.642. The molecule has 8 nitrogen and oxygen atoms in total. The molecule has 1 amide bonds. The van der Waals surface area contributed by atoms with Gasteiger partial charge in [0.15, 0.2) is 6.61 Å². The maximum atomic E-state index is 12.4. The van der Waals surface area contributed by atoms with E-state index in [0.29, 0.717) is 41.5 Å². The van der Waals surface area contributed by atoms with E-state index in [1.54, 1.807) is 51.7 Å². The van der Waals surface area contributed by atoms with Crippen molar-refractivity contribution < 1.29 is 33.6 Å². The fourth-order valence-electron chi connectivity index (χ4n) is 2.60. The third-order valence-electron chi connectivity index (χ3n) is 3.94. The summed E-state index contributed by atoms with van der Waals surface area (Å²) >= 11 is 0. The van der Waals surface area contributed by atoms with Gasteiger partial charge < -0.3 is 29.4 Å². The van der Waals surface area contributed by atoms with E-state index in [1.165, 1.54) is 6.07 Å². The highest BCUT2D eigenvalue weighted by Crippen LogP contribution is 2.34. The minimum absolute atomic E-state index is 0.299. The van der Waals surface area contributed by atoms with Gasteiger partial charge in [-0.2, -0.15) is 0 Å². The number of carboxylic acids is 1. The number of carbonyl (C=O) groups is 2. The Balaban J connectivity index is 2.02. The maximum Gasteiger partial charge on any atom is 0.341 e. The first kappa shape index (κ1) is 20.9. The lowest BCUT2D eigenvalue weighted by molar-refractivity contribution is -0.139. The van der Waals surface area contributed by atoms with Crippen LogP contribution in [0.5, 0.6) is 23.0 Å². The Kier molecular flexibility index (Phi) is 7.50. The van der Waals surface area contributed by atoms with Gasteiger partial charge in [-0.25, -0.2) is 4.79 Å². The van der Waals surface area contributed by atoms with Crippen molar-refractivity contribution in [3.8, 4) is 23.0 Å². The van der Waals surface area contributed by atoms with E-state index < -0.39 is 12.6 Å². The van der Waals surface area contributed by atoms with Crippen molar-refractivity contribution in [2.24, 2.45) is 0 Å². The SMILES string of the molecule is COc1cc(OC)c(CCNC(=O)c2cccc(OCC(=O)O)c2)c(OC)c1. The summed E-state index contributed by atoms with van der Waals surface area (Å²) in [6.45, 7) is -0.125. The van der Waals surface area contributed by atoms with Crippen LogP contribution in [-0.4, -0.2) is 51.5 Å². The summed E-state index contributed by atoms with van der Waals surface area (Å²) in [5.41, 5.74) is 1.18. The minimum Gasteiger partial charge on any atom is -0.496 e. The molecule has 0 unspecified atom stereocenters. The number of hydrogen-bond donors (Lipinski definition) is 2. The van der Waals surface area contributed by atoms with Crippen LogP contribution in [-0.2, 0) is 11.2 Å². The standard InChI is InChI=1S/C20H23NO7/c1-25-15-10-17(26-2)16(18(11-15)27-3)7-8-21-20(24)13-5-4-6-14(9-13)28-12-19(22)23/h4-6,9-11H,7-8,12H2,1-3H3,(H,21,24)(H,22,23). The Morgan fingerprint density at radius 1 is 0.964 bits per heavy atom. The maximum absolute atomic E-state index is 12.4. The van der Waals surface area contributed by atoms with E-state index in [0.717, 1.165) is 5.56 Å². The van der Waals surface area contributed by atoms with Crippen LogP contribution in [0.15, 0.2) is 36.4 Å². The van der Waals surface area contributed by atoms with Crippen LogP contribution in [0.2, 0.25) is 0 Å². The molecule has 8 heteroatoms. The highest BCUT2D eigenvalue weighted by Gasteiger charge is 2.14. The number of nitrogens with one attached hydrogen (secondary N) is 1. The molecule has 0 heterocycles. The molecule has 2 rings (SSSR count). The van der Waals surface area contributed by atoms with E-state index in [2.05, 4.69) is 5.32 Å². The summed E-state index contributed by atoms with van der Waals surface area (Å²) in [4.78, 5) is 22.9. The number of carbonyl (C=O) groups excluding carboxylic acids is 1. The van der Waals surface area contributed by atoms with Gasteiger partial charge in [0.2, 0.25) is 0 Å². The first-order chi connectivity index (χ1) is 13.5. The lowest BCUT2D eigenvalue weighted by atomic mass is 10.1. The molecule has 0 aliphatic carbocycles. The zero-order chi connectivity index (χ0) is 20.5. The molecule has 0 saturated carbocycles. The summed E-state index contributed by atoms with van der Waals surface area (Å²) in [6.07, 6.45) is 0.483. The monoisotopic (exact) mass is 389 g/mol. The van der Waals surface area contributed by atoms with Gasteiger partial charge in [-0.3, -0.25) is 4.79 Å². The van der Waals surface area contributed by atoms with Gasteiger partial charge in [0.05, 0.1) is 21.3 Å². The number of hydrogen-bond acceptors (Lipinski definition) is 6. The van der Waals surface area contributed by atoms with Crippen LogP contribution in [0.1, 0.15) is 15.9 Å². The van der Waals surface area contributed by atoms with Crippen LogP contribution in [0, 0.1) is 0 Å². The number of rotatable bonds is 10. The minimum atomic E-state index is -1.09. The molecule has 0 aliphatic rings. The number of benzene rings is 2. The lowest BCUT2D eigenvalue weighted by Crippen LogP contribution is -2.26. The van der Waals surface area contributed by atoms with Crippen molar-refractivity contribution in [1.82, 2.24) is 5.32 Å². The largest absolute Gasteiger partial charge is 0.496 e. The second-order valence-electron chi connectivity index (χ2n) is 5.73. The number of ether oxygens (including phenoxy) is 4. The average Bonchev–Trinajstić information content (AvgIpc) is 2.72. The van der Waals surface area contributed by atoms with Gasteiger partial charge in [-0.15, -0.1) is 0 Å². The van der Waals surface area contributed by atoms with E-state index >= 15 is 0 Å². The summed E-state index contributed by atoms with van der Waals surface area (Å²) in [5.74, 6) is 0.752. The van der Waals surface area contributed by atoms with Gasteiger partial charge in [0, 0.05) is 29.8 Å². The van der Waals surface area contributed by atoms with Gasteiger partial charge in [-0.05, 0) is 24.6 Å². The Morgan fingerprint density at radius 3 is 2.21 bits per heavy atom. The Labute approximate surface area is 163 Å². The third-order valence-corrected chi connectivity index (χ3v) is 3.94. The topological polar surface area (TPSA) is 103 Å². The Morgan fingerprint density at radius 2 is 1.64 bits per heavy atom. The van der Waals surface area contributed by atoms with E-state index in [1.807, 2.05) is 0 Å². The first-order valence-electron chi connectivity index (χ1n) is 8.50. The number of methoxy groups -OCH3 is 3. The van der Waals surface area contributed by atoms with Gasteiger partial charge in [-0.1, -0.05) is 6.07 Å². The Hall–Kier alpha value is -3.42. The second kappa shape index (κ2) is 10.1. The molecule has 0 bridgehead atoms. The molecule has 2 aromatic carbocycles. The highest BCUT2D eigenvalue weighted by atomic mass is 16.5. The summed E-state index contributed by atoms with van der Waals surface area (Å²) in [5, 5.41) is 11.5. The first-order valence-corrected chi connectivity index (χ1v) is 8.50. The van der Waals surface area contributed by atoms with Crippen LogP contribution >= 0.6 is 0 Å². The van der Waals surface area contributed by atoms with Crippen molar-refractivity contribution in [2.45, 2.75) is 6.42 Å². The fraction of sp³-hybridized carbons (Fsp3) is 0.300. The van der Waals surface area contributed by atoms with E-state index in [4.69, 9.17) is 24.1 Å². The summed E-state index contributed by atoms with van der Waals surface area (Å²) < 4.78 is 21.1. The fourth-order valence-corrected chi connectivity index (χ4v) is 2.60. The van der Waals surface area contributed by atoms with E-state index in [9.17, 15) is 9.59 Å². The molecule has 0 spiro atoms.